The van der Waals surface area contributed by atoms with E-state index >= 15 is 0 Å². The van der Waals surface area contributed by atoms with E-state index in [4.69, 9.17) is 0 Å². The molecule has 0 fully saturated rings. The number of benzene rings is 3. The second-order valence-corrected chi connectivity index (χ2v) is 10.0. The third-order valence-electron chi connectivity index (χ3n) is 4.68. The maximum Gasteiger partial charge on any atom is 0.257 e. The fraction of sp³-hybridized carbons (Fsp3) is 0.0417. The van der Waals surface area contributed by atoms with Gasteiger partial charge in [0.15, 0.2) is 15.0 Å². The summed E-state index contributed by atoms with van der Waals surface area (Å²) in [4.78, 5) is 30.9. The highest BCUT2D eigenvalue weighted by molar-refractivity contribution is 7.90. The van der Waals surface area contributed by atoms with Crippen LogP contribution in [0.1, 0.15) is 25.6 Å². The predicted octanol–water partition coefficient (Wildman–Crippen LogP) is 4.70. The number of ketones is 1. The lowest BCUT2D eigenvalue weighted by Crippen LogP contribution is -2.11. The molecule has 1 amide bonds. The molecule has 0 atom stereocenters. The first kappa shape index (κ1) is 21.6. The summed E-state index contributed by atoms with van der Waals surface area (Å²) >= 11 is 1.10. The summed E-state index contributed by atoms with van der Waals surface area (Å²) in [5, 5.41) is 3.00. The standard InChI is InChI=1S/C24H18N2O4S2/c1-32(29,30)19-14-12-18(13-15-19)23(28)26-24-25-20(16-8-4-2-5-9-16)22(31-24)21(27)17-10-6-3-7-11-17/h2-15H,1H3,(H,25,26,28). The normalized spacial score (nSPS) is 11.2. The van der Waals surface area contributed by atoms with Crippen molar-refractivity contribution in [3.63, 3.8) is 0 Å². The molecule has 4 rings (SSSR count). The van der Waals surface area contributed by atoms with Gasteiger partial charge in [-0.15, -0.1) is 0 Å². The fourth-order valence-electron chi connectivity index (χ4n) is 3.06. The molecule has 0 unspecified atom stereocenters. The summed E-state index contributed by atoms with van der Waals surface area (Å²) in [5.74, 6) is -0.628. The van der Waals surface area contributed by atoms with Gasteiger partial charge in [-0.1, -0.05) is 72.0 Å². The zero-order valence-corrected chi connectivity index (χ0v) is 18.6. The number of sulfone groups is 1. The topological polar surface area (TPSA) is 93.2 Å². The number of carbonyl (C=O) groups excluding carboxylic acids is 2. The van der Waals surface area contributed by atoms with Crippen LogP contribution in [0.5, 0.6) is 0 Å². The van der Waals surface area contributed by atoms with Gasteiger partial charge in [-0.05, 0) is 24.3 Å². The molecule has 32 heavy (non-hydrogen) atoms. The number of nitrogens with zero attached hydrogens (tertiary/aromatic N) is 1. The second-order valence-electron chi connectivity index (χ2n) is 7.01. The Morgan fingerprint density at radius 1 is 0.812 bits per heavy atom. The molecule has 0 saturated carbocycles. The van der Waals surface area contributed by atoms with Crippen molar-refractivity contribution in [2.24, 2.45) is 0 Å². The number of rotatable bonds is 6. The Bertz CT molecular complexity index is 1380. The molecule has 1 heterocycles. The van der Waals surface area contributed by atoms with Gasteiger partial charge >= 0.3 is 0 Å². The van der Waals surface area contributed by atoms with E-state index in [-0.39, 0.29) is 21.4 Å². The predicted molar refractivity (Wildman–Crippen MR) is 125 cm³/mol. The van der Waals surface area contributed by atoms with E-state index in [2.05, 4.69) is 10.3 Å². The van der Waals surface area contributed by atoms with Gasteiger partial charge in [-0.25, -0.2) is 13.4 Å². The van der Waals surface area contributed by atoms with Gasteiger partial charge in [0.25, 0.3) is 5.91 Å². The summed E-state index contributed by atoms with van der Waals surface area (Å²) in [6, 6.07) is 23.8. The van der Waals surface area contributed by atoms with Crippen molar-refractivity contribution >= 4 is 38.0 Å². The molecule has 0 aliphatic carbocycles. The first-order chi connectivity index (χ1) is 15.3. The Labute approximate surface area is 189 Å². The minimum Gasteiger partial charge on any atom is -0.298 e. The number of anilines is 1. The number of amides is 1. The Morgan fingerprint density at radius 2 is 1.41 bits per heavy atom. The highest BCUT2D eigenvalue weighted by Gasteiger charge is 2.22. The molecular weight excluding hydrogens is 444 g/mol. The smallest absolute Gasteiger partial charge is 0.257 e. The summed E-state index contributed by atoms with van der Waals surface area (Å²) in [6.07, 6.45) is 1.11. The van der Waals surface area contributed by atoms with E-state index in [0.717, 1.165) is 23.2 Å². The van der Waals surface area contributed by atoms with Crippen LogP contribution >= 0.6 is 11.3 Å². The Balaban J connectivity index is 1.67. The number of thiazole rings is 1. The van der Waals surface area contributed by atoms with Crippen LogP contribution in [0.2, 0.25) is 0 Å². The number of carbonyl (C=O) groups is 2. The first-order valence-corrected chi connectivity index (χ1v) is 12.3. The van der Waals surface area contributed by atoms with E-state index in [9.17, 15) is 18.0 Å². The monoisotopic (exact) mass is 462 g/mol. The van der Waals surface area contributed by atoms with Crippen molar-refractivity contribution in [3.8, 4) is 11.3 Å². The summed E-state index contributed by atoms with van der Waals surface area (Å²) in [6.45, 7) is 0. The van der Waals surface area contributed by atoms with E-state index in [1.54, 1.807) is 24.3 Å². The van der Waals surface area contributed by atoms with Crippen molar-refractivity contribution in [1.82, 2.24) is 4.98 Å². The second kappa shape index (κ2) is 8.86. The third kappa shape index (κ3) is 4.66. The zero-order chi connectivity index (χ0) is 22.7. The Kier molecular flexibility index (Phi) is 5.98. The van der Waals surface area contributed by atoms with Crippen LogP contribution in [0.4, 0.5) is 5.13 Å². The quantitative estimate of drug-likeness (QED) is 0.419. The molecule has 0 aliphatic heterocycles. The first-order valence-electron chi connectivity index (χ1n) is 9.60. The summed E-state index contributed by atoms with van der Waals surface area (Å²) in [5.41, 5.74) is 2.07. The third-order valence-corrected chi connectivity index (χ3v) is 6.78. The Hall–Kier alpha value is -3.62. The lowest BCUT2D eigenvalue weighted by Gasteiger charge is -2.03. The Morgan fingerprint density at radius 3 is 2.00 bits per heavy atom. The molecule has 1 aromatic heterocycles. The highest BCUT2D eigenvalue weighted by atomic mass is 32.2. The molecule has 0 radical (unpaired) electrons. The van der Waals surface area contributed by atoms with E-state index in [0.29, 0.717) is 16.1 Å². The lowest BCUT2D eigenvalue weighted by molar-refractivity contribution is 0.102. The van der Waals surface area contributed by atoms with Crippen LogP contribution in [0.25, 0.3) is 11.3 Å². The van der Waals surface area contributed by atoms with Crippen molar-refractivity contribution in [1.29, 1.82) is 0 Å². The molecule has 8 heteroatoms. The summed E-state index contributed by atoms with van der Waals surface area (Å²) in [7, 11) is -3.35. The average molecular weight is 463 g/mol. The van der Waals surface area contributed by atoms with Crippen LogP contribution in [0, 0.1) is 0 Å². The van der Waals surface area contributed by atoms with E-state index in [1.165, 1.54) is 24.3 Å². The van der Waals surface area contributed by atoms with Crippen molar-refractivity contribution in [2.75, 3.05) is 11.6 Å². The average Bonchev–Trinajstić information content (AvgIpc) is 3.23. The number of hydrogen-bond donors (Lipinski definition) is 1. The highest BCUT2D eigenvalue weighted by Crippen LogP contribution is 2.33. The van der Waals surface area contributed by atoms with Crippen LogP contribution in [0.15, 0.2) is 89.8 Å². The summed E-state index contributed by atoms with van der Waals surface area (Å²) < 4.78 is 23.2. The van der Waals surface area contributed by atoms with Crippen molar-refractivity contribution in [2.45, 2.75) is 4.90 Å². The largest absolute Gasteiger partial charge is 0.298 e. The molecule has 0 bridgehead atoms. The van der Waals surface area contributed by atoms with Gasteiger partial charge in [0.05, 0.1) is 10.6 Å². The zero-order valence-electron chi connectivity index (χ0n) is 17.0. The number of aromatic nitrogens is 1. The maximum absolute atomic E-state index is 13.1. The van der Waals surface area contributed by atoms with Crippen molar-refractivity contribution in [3.05, 3.63) is 101 Å². The van der Waals surface area contributed by atoms with Crippen LogP contribution in [0.3, 0.4) is 0 Å². The molecule has 6 nitrogen and oxygen atoms in total. The molecule has 0 saturated heterocycles. The minimum absolute atomic E-state index is 0.130. The van der Waals surface area contributed by atoms with E-state index < -0.39 is 15.7 Å². The number of hydrogen-bond acceptors (Lipinski definition) is 6. The number of nitrogens with one attached hydrogen (secondary N) is 1. The van der Waals surface area contributed by atoms with Gasteiger partial charge in [0, 0.05) is 22.9 Å². The van der Waals surface area contributed by atoms with Crippen LogP contribution < -0.4 is 5.32 Å². The van der Waals surface area contributed by atoms with Gasteiger partial charge in [-0.2, -0.15) is 0 Å². The molecule has 0 spiro atoms. The minimum atomic E-state index is -3.35. The van der Waals surface area contributed by atoms with Crippen LogP contribution in [-0.4, -0.2) is 31.3 Å². The molecular formula is C24H18N2O4S2. The van der Waals surface area contributed by atoms with Gasteiger partial charge < -0.3 is 0 Å². The van der Waals surface area contributed by atoms with Crippen LogP contribution in [-0.2, 0) is 9.84 Å². The maximum atomic E-state index is 13.1. The molecule has 3 aromatic carbocycles. The van der Waals surface area contributed by atoms with Gasteiger partial charge in [0.2, 0.25) is 5.78 Å². The molecule has 160 valence electrons. The molecule has 0 aliphatic rings. The van der Waals surface area contributed by atoms with Crippen molar-refractivity contribution < 1.29 is 18.0 Å². The fourth-order valence-corrected chi connectivity index (χ4v) is 4.64. The SMILES string of the molecule is CS(=O)(=O)c1ccc(C(=O)Nc2nc(-c3ccccc3)c(C(=O)c3ccccc3)s2)cc1. The van der Waals surface area contributed by atoms with Gasteiger partial charge in [-0.3, -0.25) is 14.9 Å². The molecule has 4 aromatic rings. The lowest BCUT2D eigenvalue weighted by atomic mass is 10.1. The molecule has 1 N–H and O–H groups in total. The van der Waals surface area contributed by atoms with Gasteiger partial charge in [0.1, 0.15) is 4.88 Å². The van der Waals surface area contributed by atoms with E-state index in [1.807, 2.05) is 36.4 Å².